The third-order valence-electron chi connectivity index (χ3n) is 4.20. The Bertz CT molecular complexity index is 448. The van der Waals surface area contributed by atoms with E-state index in [1.807, 2.05) is 0 Å². The molecule has 1 aromatic rings. The lowest BCUT2D eigenvalue weighted by molar-refractivity contribution is 0.180. The Morgan fingerprint density at radius 3 is 2.45 bits per heavy atom. The second-order valence-corrected chi connectivity index (χ2v) is 5.48. The maximum atomic E-state index is 5.60. The minimum atomic E-state index is 0.583. The van der Waals surface area contributed by atoms with Crippen molar-refractivity contribution in [3.63, 3.8) is 0 Å². The molecule has 0 radical (unpaired) electrons. The van der Waals surface area contributed by atoms with Gasteiger partial charge in [-0.2, -0.15) is 0 Å². The van der Waals surface area contributed by atoms with Crippen LogP contribution in [0, 0.1) is 0 Å². The molecule has 2 rings (SSSR count). The van der Waals surface area contributed by atoms with Gasteiger partial charge in [0.2, 0.25) is 0 Å². The second kappa shape index (κ2) is 6.95. The van der Waals surface area contributed by atoms with Gasteiger partial charge >= 0.3 is 0 Å². The second-order valence-electron chi connectivity index (χ2n) is 5.48. The summed E-state index contributed by atoms with van der Waals surface area (Å²) in [7, 11) is 3.38. The predicted molar refractivity (Wildman–Crippen MR) is 81.4 cm³/mol. The Hall–Kier alpha value is -1.26. The summed E-state index contributed by atoms with van der Waals surface area (Å²) in [5, 5.41) is 0. The number of hydrogen-bond acceptors (Lipinski definition) is 4. The van der Waals surface area contributed by atoms with Crippen LogP contribution >= 0.6 is 0 Å². The van der Waals surface area contributed by atoms with Crippen molar-refractivity contribution in [1.29, 1.82) is 0 Å². The lowest BCUT2D eigenvalue weighted by atomic mass is 9.97. The first-order valence-corrected chi connectivity index (χ1v) is 7.37. The zero-order chi connectivity index (χ0) is 14.5. The molecule has 0 aliphatic carbocycles. The third kappa shape index (κ3) is 3.25. The maximum Gasteiger partial charge on any atom is 0.161 e. The summed E-state index contributed by atoms with van der Waals surface area (Å²) in [5.74, 6) is 1.65. The SMILES string of the molecule is COc1cc2c(cc1OC)CN(C(C)CCCN)CC2. The van der Waals surface area contributed by atoms with E-state index in [0.29, 0.717) is 6.04 Å². The molecule has 0 saturated carbocycles. The van der Waals surface area contributed by atoms with Crippen LogP contribution in [0.2, 0.25) is 0 Å². The van der Waals surface area contributed by atoms with Crippen LogP contribution in [0.1, 0.15) is 30.9 Å². The van der Waals surface area contributed by atoms with E-state index < -0.39 is 0 Å². The normalized spacial score (nSPS) is 16.6. The van der Waals surface area contributed by atoms with Gasteiger partial charge in [0.15, 0.2) is 11.5 Å². The van der Waals surface area contributed by atoms with Gasteiger partial charge in [0.05, 0.1) is 14.2 Å². The fraction of sp³-hybridized carbons (Fsp3) is 0.625. The zero-order valence-electron chi connectivity index (χ0n) is 12.8. The molecule has 0 aromatic heterocycles. The van der Waals surface area contributed by atoms with Crippen molar-refractivity contribution in [3.8, 4) is 11.5 Å². The molecule has 1 heterocycles. The molecule has 1 aliphatic heterocycles. The Morgan fingerprint density at radius 2 is 1.85 bits per heavy atom. The Labute approximate surface area is 121 Å². The van der Waals surface area contributed by atoms with Gasteiger partial charge in [-0.1, -0.05) is 0 Å². The van der Waals surface area contributed by atoms with Gasteiger partial charge in [-0.05, 0) is 56.0 Å². The highest BCUT2D eigenvalue weighted by Gasteiger charge is 2.22. The van der Waals surface area contributed by atoms with E-state index in [4.69, 9.17) is 15.2 Å². The van der Waals surface area contributed by atoms with E-state index in [0.717, 1.165) is 44.0 Å². The number of methoxy groups -OCH3 is 2. The molecular formula is C16H26N2O2. The van der Waals surface area contributed by atoms with Crippen LogP contribution in [-0.4, -0.2) is 38.3 Å². The number of fused-ring (bicyclic) bond motifs is 1. The molecule has 1 atom stereocenters. The van der Waals surface area contributed by atoms with Crippen LogP contribution in [0.4, 0.5) is 0 Å². The molecule has 0 saturated heterocycles. The van der Waals surface area contributed by atoms with Crippen molar-refractivity contribution >= 4 is 0 Å². The molecule has 0 bridgehead atoms. The van der Waals surface area contributed by atoms with Crippen LogP contribution in [0.5, 0.6) is 11.5 Å². The minimum absolute atomic E-state index is 0.583. The molecule has 2 N–H and O–H groups in total. The summed E-state index contributed by atoms with van der Waals surface area (Å²) < 4.78 is 10.8. The molecule has 1 unspecified atom stereocenters. The largest absolute Gasteiger partial charge is 0.493 e. The highest BCUT2D eigenvalue weighted by molar-refractivity contribution is 5.48. The first kappa shape index (κ1) is 15.1. The minimum Gasteiger partial charge on any atom is -0.493 e. The van der Waals surface area contributed by atoms with Crippen LogP contribution in [0.15, 0.2) is 12.1 Å². The van der Waals surface area contributed by atoms with Crippen molar-refractivity contribution in [2.24, 2.45) is 5.73 Å². The van der Waals surface area contributed by atoms with Crippen molar-refractivity contribution in [1.82, 2.24) is 4.90 Å². The molecule has 4 nitrogen and oxygen atoms in total. The summed E-state index contributed by atoms with van der Waals surface area (Å²) in [6.07, 6.45) is 3.33. The lowest BCUT2D eigenvalue weighted by Crippen LogP contribution is -2.37. The smallest absolute Gasteiger partial charge is 0.161 e. The van der Waals surface area contributed by atoms with E-state index in [1.165, 1.54) is 17.5 Å². The summed E-state index contributed by atoms with van der Waals surface area (Å²) in [5.41, 5.74) is 8.34. The summed E-state index contributed by atoms with van der Waals surface area (Å²) in [6, 6.07) is 4.83. The Kier molecular flexibility index (Phi) is 5.26. The number of benzene rings is 1. The van der Waals surface area contributed by atoms with Crippen molar-refractivity contribution < 1.29 is 9.47 Å². The fourth-order valence-corrected chi connectivity index (χ4v) is 2.88. The quantitative estimate of drug-likeness (QED) is 0.866. The van der Waals surface area contributed by atoms with Crippen LogP contribution < -0.4 is 15.2 Å². The van der Waals surface area contributed by atoms with Gasteiger partial charge < -0.3 is 15.2 Å². The van der Waals surface area contributed by atoms with Crippen LogP contribution in [0.3, 0.4) is 0 Å². The first-order chi connectivity index (χ1) is 9.69. The number of hydrogen-bond donors (Lipinski definition) is 1. The average Bonchev–Trinajstić information content (AvgIpc) is 2.50. The highest BCUT2D eigenvalue weighted by Crippen LogP contribution is 2.33. The fourth-order valence-electron chi connectivity index (χ4n) is 2.88. The molecule has 0 amide bonds. The maximum absolute atomic E-state index is 5.60. The van der Waals surface area contributed by atoms with E-state index >= 15 is 0 Å². The van der Waals surface area contributed by atoms with Gasteiger partial charge in [-0.3, -0.25) is 4.90 Å². The number of nitrogens with two attached hydrogens (primary N) is 1. The Balaban J connectivity index is 2.13. The number of nitrogens with zero attached hydrogens (tertiary/aromatic N) is 1. The molecule has 20 heavy (non-hydrogen) atoms. The zero-order valence-corrected chi connectivity index (χ0v) is 12.8. The predicted octanol–water partition coefficient (Wildman–Crippen LogP) is 2.19. The third-order valence-corrected chi connectivity index (χ3v) is 4.20. The molecular weight excluding hydrogens is 252 g/mol. The molecule has 1 aromatic carbocycles. The lowest BCUT2D eigenvalue weighted by Gasteiger charge is -2.34. The summed E-state index contributed by atoms with van der Waals surface area (Å²) in [4.78, 5) is 2.53. The van der Waals surface area contributed by atoms with Crippen molar-refractivity contribution in [2.45, 2.75) is 38.8 Å². The van der Waals surface area contributed by atoms with E-state index in [1.54, 1.807) is 14.2 Å². The van der Waals surface area contributed by atoms with Gasteiger partial charge in [0.1, 0.15) is 0 Å². The van der Waals surface area contributed by atoms with Gasteiger partial charge in [-0.15, -0.1) is 0 Å². The van der Waals surface area contributed by atoms with Crippen molar-refractivity contribution in [3.05, 3.63) is 23.3 Å². The van der Waals surface area contributed by atoms with Gasteiger partial charge in [0.25, 0.3) is 0 Å². The van der Waals surface area contributed by atoms with E-state index in [2.05, 4.69) is 24.0 Å². The average molecular weight is 278 g/mol. The molecule has 0 spiro atoms. The van der Waals surface area contributed by atoms with Crippen LogP contribution in [-0.2, 0) is 13.0 Å². The highest BCUT2D eigenvalue weighted by atomic mass is 16.5. The molecule has 112 valence electrons. The monoisotopic (exact) mass is 278 g/mol. The standard InChI is InChI=1S/C16H26N2O2/c1-12(5-4-7-17)18-8-6-13-9-15(19-2)16(20-3)10-14(13)11-18/h9-10,12H,4-8,11,17H2,1-3H3. The summed E-state index contributed by atoms with van der Waals surface area (Å²) >= 11 is 0. The summed E-state index contributed by atoms with van der Waals surface area (Å²) in [6.45, 7) is 5.16. The van der Waals surface area contributed by atoms with Gasteiger partial charge in [0, 0.05) is 19.1 Å². The molecule has 0 fully saturated rings. The van der Waals surface area contributed by atoms with E-state index in [-0.39, 0.29) is 0 Å². The van der Waals surface area contributed by atoms with Crippen LogP contribution in [0.25, 0.3) is 0 Å². The number of rotatable bonds is 6. The molecule has 4 heteroatoms. The van der Waals surface area contributed by atoms with E-state index in [9.17, 15) is 0 Å². The number of ether oxygens (including phenoxy) is 2. The topological polar surface area (TPSA) is 47.7 Å². The van der Waals surface area contributed by atoms with Gasteiger partial charge in [-0.25, -0.2) is 0 Å². The van der Waals surface area contributed by atoms with Crippen molar-refractivity contribution in [2.75, 3.05) is 27.3 Å². The molecule has 1 aliphatic rings. The Morgan fingerprint density at radius 1 is 1.20 bits per heavy atom. The first-order valence-electron chi connectivity index (χ1n) is 7.37.